The molecule has 3 aliphatic rings. The first-order chi connectivity index (χ1) is 9.50. The molecule has 2 aliphatic carbocycles. The second kappa shape index (κ2) is 4.76. The van der Waals surface area contributed by atoms with Gasteiger partial charge in [-0.3, -0.25) is 14.6 Å². The summed E-state index contributed by atoms with van der Waals surface area (Å²) in [6.45, 7) is 2.77. The average molecular weight is 277 g/mol. The SMILES string of the molecule is C[C@H]1CC(=O)[C@]23CCCN=CCC[C@]2(O)C(=O)C[C@@H]3C1. The first-order valence-corrected chi connectivity index (χ1v) is 7.78. The van der Waals surface area contributed by atoms with Gasteiger partial charge in [0.2, 0.25) is 0 Å². The van der Waals surface area contributed by atoms with Crippen molar-refractivity contribution in [1.29, 1.82) is 0 Å². The average Bonchev–Trinajstić information content (AvgIpc) is 2.63. The molecule has 3 rings (SSSR count). The van der Waals surface area contributed by atoms with Crippen LogP contribution in [0.3, 0.4) is 0 Å². The third kappa shape index (κ3) is 1.73. The maximum atomic E-state index is 12.8. The molecule has 1 heterocycles. The first kappa shape index (κ1) is 13.9. The van der Waals surface area contributed by atoms with Crippen LogP contribution >= 0.6 is 0 Å². The summed E-state index contributed by atoms with van der Waals surface area (Å²) >= 11 is 0. The molecule has 4 atom stereocenters. The summed E-state index contributed by atoms with van der Waals surface area (Å²) in [6, 6.07) is 0. The topological polar surface area (TPSA) is 66.7 Å². The van der Waals surface area contributed by atoms with Gasteiger partial charge in [-0.2, -0.15) is 0 Å². The summed E-state index contributed by atoms with van der Waals surface area (Å²) in [6.07, 6.45) is 5.90. The van der Waals surface area contributed by atoms with Crippen LogP contribution in [0.4, 0.5) is 0 Å². The minimum Gasteiger partial charge on any atom is -0.381 e. The highest BCUT2D eigenvalue weighted by atomic mass is 16.3. The van der Waals surface area contributed by atoms with Crippen molar-refractivity contribution in [2.75, 3.05) is 6.54 Å². The van der Waals surface area contributed by atoms with Crippen LogP contribution in [0.25, 0.3) is 0 Å². The van der Waals surface area contributed by atoms with Crippen LogP contribution in [0.1, 0.15) is 51.9 Å². The molecule has 0 aromatic heterocycles. The molecule has 0 radical (unpaired) electrons. The molecule has 0 amide bonds. The molecular weight excluding hydrogens is 254 g/mol. The molecule has 0 aromatic rings. The van der Waals surface area contributed by atoms with Crippen molar-refractivity contribution in [2.45, 2.75) is 57.5 Å². The van der Waals surface area contributed by atoms with Gasteiger partial charge in [0, 0.05) is 19.4 Å². The van der Waals surface area contributed by atoms with Crippen LogP contribution in [0, 0.1) is 17.3 Å². The lowest BCUT2D eigenvalue weighted by Crippen LogP contribution is -2.57. The number of hydrogen-bond donors (Lipinski definition) is 1. The molecule has 0 saturated heterocycles. The normalized spacial score (nSPS) is 45.3. The number of aliphatic hydroxyl groups is 1. The second-order valence-electron chi connectivity index (χ2n) is 6.86. The van der Waals surface area contributed by atoms with E-state index < -0.39 is 11.0 Å². The molecule has 1 spiro atoms. The Morgan fingerprint density at radius 1 is 1.25 bits per heavy atom. The highest BCUT2D eigenvalue weighted by molar-refractivity contribution is 6.02. The van der Waals surface area contributed by atoms with Gasteiger partial charge in [-0.25, -0.2) is 0 Å². The van der Waals surface area contributed by atoms with Gasteiger partial charge in [0.05, 0.1) is 5.41 Å². The lowest BCUT2D eigenvalue weighted by molar-refractivity contribution is -0.165. The quantitative estimate of drug-likeness (QED) is 0.735. The number of aliphatic imine (C=N–C) groups is 1. The predicted molar refractivity (Wildman–Crippen MR) is 75.7 cm³/mol. The fraction of sp³-hybridized carbons (Fsp3) is 0.812. The number of nitrogens with zero attached hydrogens (tertiary/aromatic N) is 1. The third-order valence-corrected chi connectivity index (χ3v) is 5.67. The molecule has 1 N–H and O–H groups in total. The Bertz CT molecular complexity index is 472. The van der Waals surface area contributed by atoms with E-state index in [2.05, 4.69) is 11.9 Å². The van der Waals surface area contributed by atoms with E-state index in [9.17, 15) is 14.7 Å². The van der Waals surface area contributed by atoms with E-state index >= 15 is 0 Å². The van der Waals surface area contributed by atoms with Gasteiger partial charge >= 0.3 is 0 Å². The largest absolute Gasteiger partial charge is 0.381 e. The number of rotatable bonds is 0. The van der Waals surface area contributed by atoms with Gasteiger partial charge in [-0.15, -0.1) is 0 Å². The van der Waals surface area contributed by atoms with E-state index in [1.807, 2.05) is 0 Å². The standard InChI is InChI=1S/C16H23NO3/c1-11-8-12-10-14(19)16(20)5-3-7-17-6-2-4-15(12,16)13(18)9-11/h7,11-12,20H,2-6,8-10H2,1H3/t11-,12+,15-,16+/m1/s1. The van der Waals surface area contributed by atoms with E-state index in [0.717, 1.165) is 12.8 Å². The van der Waals surface area contributed by atoms with Crippen LogP contribution in [-0.2, 0) is 9.59 Å². The number of carbonyl (C=O) groups excluding carboxylic acids is 2. The molecule has 0 aromatic carbocycles. The fourth-order valence-corrected chi connectivity index (χ4v) is 4.78. The van der Waals surface area contributed by atoms with Crippen LogP contribution in [-0.4, -0.2) is 35.0 Å². The van der Waals surface area contributed by atoms with Crippen molar-refractivity contribution in [3.05, 3.63) is 0 Å². The minimum absolute atomic E-state index is 0.0364. The molecule has 110 valence electrons. The van der Waals surface area contributed by atoms with Crippen molar-refractivity contribution in [3.8, 4) is 0 Å². The molecular formula is C16H23NO3. The van der Waals surface area contributed by atoms with Crippen LogP contribution < -0.4 is 0 Å². The molecule has 4 heteroatoms. The van der Waals surface area contributed by atoms with E-state index in [-0.39, 0.29) is 17.5 Å². The minimum atomic E-state index is -1.44. The van der Waals surface area contributed by atoms with Crippen molar-refractivity contribution >= 4 is 17.8 Å². The summed E-state index contributed by atoms with van der Waals surface area (Å²) in [5, 5.41) is 11.1. The summed E-state index contributed by atoms with van der Waals surface area (Å²) in [4.78, 5) is 29.6. The molecule has 2 fully saturated rings. The number of Topliss-reactive ketones (excluding diaryl/α,β-unsaturated/α-hetero) is 2. The zero-order valence-corrected chi connectivity index (χ0v) is 12.1. The van der Waals surface area contributed by atoms with Crippen LogP contribution in [0.2, 0.25) is 0 Å². The summed E-state index contributed by atoms with van der Waals surface area (Å²) in [5.74, 6) is 0.378. The Balaban J connectivity index is 2.06. The van der Waals surface area contributed by atoms with Crippen molar-refractivity contribution < 1.29 is 14.7 Å². The van der Waals surface area contributed by atoms with Gasteiger partial charge < -0.3 is 5.11 Å². The summed E-state index contributed by atoms with van der Waals surface area (Å²) < 4.78 is 0. The monoisotopic (exact) mass is 277 g/mol. The molecule has 0 bridgehead atoms. The maximum Gasteiger partial charge on any atom is 0.165 e. The number of carbonyl (C=O) groups is 2. The van der Waals surface area contributed by atoms with Crippen molar-refractivity contribution in [3.63, 3.8) is 0 Å². The Kier molecular flexibility index (Phi) is 3.32. The predicted octanol–water partition coefficient (Wildman–Crippen LogP) is 1.94. The zero-order chi connectivity index (χ0) is 14.4. The van der Waals surface area contributed by atoms with E-state index in [1.54, 1.807) is 6.21 Å². The fourth-order valence-electron chi connectivity index (χ4n) is 4.78. The summed E-state index contributed by atoms with van der Waals surface area (Å²) in [7, 11) is 0. The van der Waals surface area contributed by atoms with Crippen molar-refractivity contribution in [1.82, 2.24) is 0 Å². The highest BCUT2D eigenvalue weighted by Crippen LogP contribution is 2.59. The molecule has 0 unspecified atom stereocenters. The lowest BCUT2D eigenvalue weighted by atomic mass is 9.56. The maximum absolute atomic E-state index is 12.8. The van der Waals surface area contributed by atoms with E-state index in [4.69, 9.17) is 0 Å². The third-order valence-electron chi connectivity index (χ3n) is 5.67. The van der Waals surface area contributed by atoms with Gasteiger partial charge in [0.1, 0.15) is 11.4 Å². The smallest absolute Gasteiger partial charge is 0.165 e. The molecule has 20 heavy (non-hydrogen) atoms. The van der Waals surface area contributed by atoms with Crippen LogP contribution in [0.15, 0.2) is 4.99 Å². The molecule has 1 aliphatic heterocycles. The van der Waals surface area contributed by atoms with Crippen LogP contribution in [0.5, 0.6) is 0 Å². The Labute approximate surface area is 119 Å². The van der Waals surface area contributed by atoms with E-state index in [1.165, 1.54) is 0 Å². The van der Waals surface area contributed by atoms with E-state index in [0.29, 0.717) is 44.6 Å². The molecule has 2 saturated carbocycles. The number of hydrogen-bond acceptors (Lipinski definition) is 4. The van der Waals surface area contributed by atoms with Gasteiger partial charge in [0.25, 0.3) is 0 Å². The second-order valence-corrected chi connectivity index (χ2v) is 6.86. The lowest BCUT2D eigenvalue weighted by Gasteiger charge is -2.47. The summed E-state index contributed by atoms with van der Waals surface area (Å²) in [5.41, 5.74) is -2.25. The van der Waals surface area contributed by atoms with Gasteiger partial charge in [0.15, 0.2) is 5.78 Å². The Morgan fingerprint density at radius 2 is 2.05 bits per heavy atom. The zero-order valence-electron chi connectivity index (χ0n) is 12.1. The van der Waals surface area contributed by atoms with Gasteiger partial charge in [-0.1, -0.05) is 6.92 Å². The highest BCUT2D eigenvalue weighted by Gasteiger charge is 2.68. The Hall–Kier alpha value is -1.03. The number of ketones is 2. The molecule has 4 nitrogen and oxygen atoms in total. The van der Waals surface area contributed by atoms with Gasteiger partial charge in [-0.05, 0) is 50.2 Å². The Morgan fingerprint density at radius 3 is 2.85 bits per heavy atom. The first-order valence-electron chi connectivity index (χ1n) is 7.78. The van der Waals surface area contributed by atoms with Crippen molar-refractivity contribution in [2.24, 2.45) is 22.2 Å².